The van der Waals surface area contributed by atoms with E-state index in [2.05, 4.69) is 34.1 Å². The van der Waals surface area contributed by atoms with Crippen molar-refractivity contribution >= 4 is 17.6 Å². The van der Waals surface area contributed by atoms with Crippen LogP contribution in [0.4, 0.5) is 16.3 Å². The lowest BCUT2D eigenvalue weighted by Gasteiger charge is -2.36. The number of hydrogen-bond acceptors (Lipinski definition) is 4. The zero-order valence-electron chi connectivity index (χ0n) is 16.5. The second-order valence-electron chi connectivity index (χ2n) is 8.04. The lowest BCUT2D eigenvalue weighted by molar-refractivity contribution is 0.0572. The van der Waals surface area contributed by atoms with Gasteiger partial charge in [-0.2, -0.15) is 0 Å². The Kier molecular flexibility index (Phi) is 5.99. The highest BCUT2D eigenvalue weighted by Crippen LogP contribution is 2.26. The number of rotatable bonds is 4. The summed E-state index contributed by atoms with van der Waals surface area (Å²) in [5.74, 6) is 1.08. The molecule has 27 heavy (non-hydrogen) atoms. The van der Waals surface area contributed by atoms with Crippen molar-refractivity contribution in [3.05, 3.63) is 54.7 Å². The fourth-order valence-electron chi connectivity index (χ4n) is 3.36. The van der Waals surface area contributed by atoms with Gasteiger partial charge in [0.25, 0.3) is 0 Å². The molecular weight excluding hydrogens is 338 g/mol. The molecule has 1 saturated heterocycles. The number of hydrogen-bond donors (Lipinski definition) is 0. The second-order valence-corrected chi connectivity index (χ2v) is 8.04. The zero-order valence-corrected chi connectivity index (χ0v) is 16.5. The molecule has 0 unspecified atom stereocenters. The number of para-hydroxylation sites is 1. The Morgan fingerprint density at radius 3 is 2.37 bits per heavy atom. The molecule has 0 spiro atoms. The van der Waals surface area contributed by atoms with Crippen molar-refractivity contribution in [1.82, 2.24) is 4.98 Å². The maximum atomic E-state index is 12.8. The summed E-state index contributed by atoms with van der Waals surface area (Å²) in [6.45, 7) is 8.30. The molecule has 1 aliphatic heterocycles. The maximum absolute atomic E-state index is 12.8. The Balaban J connectivity index is 1.65. The number of amides is 1. The van der Waals surface area contributed by atoms with Gasteiger partial charge in [0.1, 0.15) is 11.4 Å². The Bertz CT molecular complexity index is 720. The fourth-order valence-corrected chi connectivity index (χ4v) is 3.36. The van der Waals surface area contributed by atoms with E-state index >= 15 is 0 Å². The molecule has 0 radical (unpaired) electrons. The molecule has 1 aromatic carbocycles. The summed E-state index contributed by atoms with van der Waals surface area (Å²) in [7, 11) is 0. The van der Waals surface area contributed by atoms with Crippen LogP contribution in [0.15, 0.2) is 54.7 Å². The van der Waals surface area contributed by atoms with Crippen LogP contribution in [0.2, 0.25) is 0 Å². The topological polar surface area (TPSA) is 45.7 Å². The minimum Gasteiger partial charge on any atom is -0.443 e. The smallest absolute Gasteiger partial charge is 0.416 e. The molecule has 1 amide bonds. The summed E-state index contributed by atoms with van der Waals surface area (Å²) >= 11 is 0. The average Bonchev–Trinajstić information content (AvgIpc) is 2.66. The third kappa shape index (κ3) is 5.46. The van der Waals surface area contributed by atoms with Crippen LogP contribution in [0.1, 0.15) is 33.6 Å². The van der Waals surface area contributed by atoms with Crippen LogP contribution in [0.25, 0.3) is 0 Å². The minimum atomic E-state index is -0.527. The first-order valence-corrected chi connectivity index (χ1v) is 9.64. The Morgan fingerprint density at radius 2 is 1.78 bits per heavy atom. The van der Waals surface area contributed by atoms with Gasteiger partial charge in [-0.25, -0.2) is 9.78 Å². The van der Waals surface area contributed by atoms with Crippen LogP contribution in [-0.2, 0) is 4.74 Å². The van der Waals surface area contributed by atoms with Crippen molar-refractivity contribution < 1.29 is 9.53 Å². The first-order chi connectivity index (χ1) is 12.9. The van der Waals surface area contributed by atoms with E-state index in [1.807, 2.05) is 45.0 Å². The summed E-state index contributed by atoms with van der Waals surface area (Å²) in [6, 6.07) is 16.1. The number of pyridine rings is 1. The second kappa shape index (κ2) is 8.42. The highest BCUT2D eigenvalue weighted by atomic mass is 16.6. The van der Waals surface area contributed by atoms with Crippen LogP contribution in [0.5, 0.6) is 0 Å². The average molecular weight is 367 g/mol. The van der Waals surface area contributed by atoms with Crippen LogP contribution < -0.4 is 9.80 Å². The summed E-state index contributed by atoms with van der Waals surface area (Å²) in [5, 5.41) is 0. The number of aromatic nitrogens is 1. The fraction of sp³-hybridized carbons (Fsp3) is 0.455. The van der Waals surface area contributed by atoms with E-state index in [-0.39, 0.29) is 6.09 Å². The van der Waals surface area contributed by atoms with Gasteiger partial charge < -0.3 is 9.64 Å². The molecule has 5 heteroatoms. The first-order valence-electron chi connectivity index (χ1n) is 9.64. The minimum absolute atomic E-state index is 0.327. The Morgan fingerprint density at radius 1 is 1.11 bits per heavy atom. The van der Waals surface area contributed by atoms with Crippen molar-refractivity contribution in [3.8, 4) is 0 Å². The molecule has 2 aromatic rings. The predicted octanol–water partition coefficient (Wildman–Crippen LogP) is 4.74. The van der Waals surface area contributed by atoms with Crippen molar-refractivity contribution in [2.75, 3.05) is 29.4 Å². The summed E-state index contributed by atoms with van der Waals surface area (Å²) in [5.41, 5.74) is 0.741. The molecule has 0 N–H and O–H groups in total. The van der Waals surface area contributed by atoms with E-state index in [0.717, 1.165) is 25.9 Å². The van der Waals surface area contributed by atoms with Crippen molar-refractivity contribution in [3.63, 3.8) is 0 Å². The molecule has 3 rings (SSSR count). The molecular formula is C22H29N3O2. The molecule has 0 aliphatic carbocycles. The largest absolute Gasteiger partial charge is 0.443 e. The van der Waals surface area contributed by atoms with Crippen LogP contribution >= 0.6 is 0 Å². The molecule has 1 aliphatic rings. The SMILES string of the molecule is CC(C)(C)OC(=O)N(CC1CCN(c2ccccc2)CC1)c1ccccn1. The number of carbonyl (C=O) groups excluding carboxylic acids is 1. The predicted molar refractivity (Wildman–Crippen MR) is 109 cm³/mol. The van der Waals surface area contributed by atoms with Gasteiger partial charge in [-0.15, -0.1) is 0 Å². The van der Waals surface area contributed by atoms with E-state index in [1.165, 1.54) is 5.69 Å². The first kappa shape index (κ1) is 19.2. The molecule has 1 fully saturated rings. The third-order valence-corrected chi connectivity index (χ3v) is 4.72. The molecule has 0 saturated carbocycles. The lowest BCUT2D eigenvalue weighted by Crippen LogP contribution is -2.43. The monoisotopic (exact) mass is 367 g/mol. The molecule has 144 valence electrons. The van der Waals surface area contributed by atoms with Crippen molar-refractivity contribution in [2.45, 2.75) is 39.2 Å². The van der Waals surface area contributed by atoms with Crippen molar-refractivity contribution in [1.29, 1.82) is 0 Å². The molecule has 5 nitrogen and oxygen atoms in total. The van der Waals surface area contributed by atoms with E-state index in [0.29, 0.717) is 18.3 Å². The molecule has 0 bridgehead atoms. The number of piperidine rings is 1. The highest BCUT2D eigenvalue weighted by Gasteiger charge is 2.28. The van der Waals surface area contributed by atoms with Gasteiger partial charge in [0.15, 0.2) is 0 Å². The summed E-state index contributed by atoms with van der Waals surface area (Å²) < 4.78 is 5.62. The number of carbonyl (C=O) groups is 1. The Hall–Kier alpha value is -2.56. The zero-order chi connectivity index (χ0) is 19.3. The normalized spacial score (nSPS) is 15.4. The maximum Gasteiger partial charge on any atom is 0.416 e. The number of ether oxygens (including phenoxy) is 1. The number of nitrogens with zero attached hydrogens (tertiary/aromatic N) is 3. The molecule has 0 atom stereocenters. The number of benzene rings is 1. The van der Waals surface area contributed by atoms with E-state index in [1.54, 1.807) is 11.1 Å². The van der Waals surface area contributed by atoms with Gasteiger partial charge in [0, 0.05) is 31.5 Å². The van der Waals surface area contributed by atoms with Gasteiger partial charge in [-0.1, -0.05) is 24.3 Å². The van der Waals surface area contributed by atoms with Gasteiger partial charge in [-0.05, 0) is 63.8 Å². The van der Waals surface area contributed by atoms with Crippen LogP contribution in [0.3, 0.4) is 0 Å². The van der Waals surface area contributed by atoms with Crippen LogP contribution in [0, 0.1) is 5.92 Å². The molecule has 1 aromatic heterocycles. The lowest BCUT2D eigenvalue weighted by atomic mass is 9.96. The van der Waals surface area contributed by atoms with E-state index in [4.69, 9.17) is 4.74 Å². The van der Waals surface area contributed by atoms with Gasteiger partial charge in [-0.3, -0.25) is 4.90 Å². The summed E-state index contributed by atoms with van der Waals surface area (Å²) in [6.07, 6.45) is 3.47. The highest BCUT2D eigenvalue weighted by molar-refractivity contribution is 5.86. The van der Waals surface area contributed by atoms with Gasteiger partial charge in [0.05, 0.1) is 0 Å². The van der Waals surface area contributed by atoms with Gasteiger partial charge >= 0.3 is 6.09 Å². The quantitative estimate of drug-likeness (QED) is 0.783. The molecule has 2 heterocycles. The van der Waals surface area contributed by atoms with E-state index < -0.39 is 5.60 Å². The Labute approximate surface area is 162 Å². The third-order valence-electron chi connectivity index (χ3n) is 4.72. The van der Waals surface area contributed by atoms with Crippen LogP contribution in [-0.4, -0.2) is 36.3 Å². The number of anilines is 2. The van der Waals surface area contributed by atoms with E-state index in [9.17, 15) is 4.79 Å². The summed E-state index contributed by atoms with van der Waals surface area (Å²) in [4.78, 5) is 21.2. The standard InChI is InChI=1S/C22H29N3O2/c1-22(2,3)27-21(26)25(20-11-7-8-14-23-20)17-18-12-15-24(16-13-18)19-9-5-4-6-10-19/h4-11,14,18H,12-13,15-17H2,1-3H3. The van der Waals surface area contributed by atoms with Gasteiger partial charge in [0.2, 0.25) is 0 Å². The van der Waals surface area contributed by atoms with Crippen molar-refractivity contribution in [2.24, 2.45) is 5.92 Å².